The van der Waals surface area contributed by atoms with Crippen LogP contribution in [0.4, 0.5) is 11.4 Å². The largest absolute Gasteiger partial charge is 0.400 e. The molecule has 3 aromatic carbocycles. The normalized spacial score (nSPS) is 13.4. The third kappa shape index (κ3) is 5.93. The summed E-state index contributed by atoms with van der Waals surface area (Å²) in [5, 5.41) is 7.00. The van der Waals surface area contributed by atoms with Crippen molar-refractivity contribution in [1.29, 1.82) is 0 Å². The fourth-order valence-corrected chi connectivity index (χ4v) is 6.34. The van der Waals surface area contributed by atoms with Gasteiger partial charge in [-0.15, -0.1) is 0 Å². The third-order valence-corrected chi connectivity index (χ3v) is 7.96. The maximum Gasteiger partial charge on any atom is 0.0319 e. The first-order chi connectivity index (χ1) is 16.1. The van der Waals surface area contributed by atoms with E-state index in [0.29, 0.717) is 11.8 Å². The molecule has 0 aromatic heterocycles. The van der Waals surface area contributed by atoms with Crippen molar-refractivity contribution in [2.75, 3.05) is 30.0 Å². The van der Waals surface area contributed by atoms with E-state index in [1.807, 2.05) is 0 Å². The number of hydrogen-bond acceptors (Lipinski definition) is 3. The second-order valence-corrected chi connectivity index (χ2v) is 10.4. The fourth-order valence-electron chi connectivity index (χ4n) is 4.14. The van der Waals surface area contributed by atoms with E-state index in [1.54, 1.807) is 0 Å². The third-order valence-electron chi connectivity index (χ3n) is 5.74. The van der Waals surface area contributed by atoms with Gasteiger partial charge in [-0.05, 0) is 0 Å². The summed E-state index contributed by atoms with van der Waals surface area (Å²) in [5.41, 5.74) is 6.91. The maximum absolute atomic E-state index is 7.00. The molecule has 0 aliphatic carbocycles. The monoisotopic (exact) mass is 530 g/mol. The molecule has 0 bridgehead atoms. The van der Waals surface area contributed by atoms with E-state index in [-0.39, 0.29) is 16.2 Å². The Morgan fingerprint density at radius 2 is 1.09 bits per heavy atom. The number of hydrogen-bond donors (Lipinski definition) is 1. The van der Waals surface area contributed by atoms with E-state index >= 15 is 0 Å². The first-order valence-electron chi connectivity index (χ1n) is 11.6. The predicted molar refractivity (Wildman–Crippen MR) is 141 cm³/mol. The van der Waals surface area contributed by atoms with Crippen LogP contribution in [0.25, 0.3) is 0 Å². The average Bonchev–Trinajstić information content (AvgIpc) is 3.28. The van der Waals surface area contributed by atoms with Gasteiger partial charge in [0.1, 0.15) is 0 Å². The molecule has 1 N–H and O–H groups in total. The predicted octanol–water partition coefficient (Wildman–Crippen LogP) is 5.89. The minimum absolute atomic E-state index is 0.0899. The van der Waals surface area contributed by atoms with Crippen LogP contribution in [0, 0.1) is 0 Å². The molecule has 176 valence electrons. The molecule has 1 aliphatic rings. The molecule has 4 heteroatoms. The van der Waals surface area contributed by atoms with Gasteiger partial charge in [0.15, 0.2) is 0 Å². The number of nitrogens with zero attached hydrogens (tertiary/aromatic N) is 2. The Bertz CT molecular complexity index is 1040. The molecule has 0 saturated carbocycles. The summed E-state index contributed by atoms with van der Waals surface area (Å²) in [4.78, 5) is 5.18. The molecular weight excluding hydrogens is 493 g/mol. The van der Waals surface area contributed by atoms with Crippen molar-refractivity contribution in [3.63, 3.8) is 0 Å². The van der Waals surface area contributed by atoms with Crippen LogP contribution < -0.4 is 9.80 Å². The first-order valence-corrected chi connectivity index (χ1v) is 13.5. The molecule has 4 rings (SSSR count). The van der Waals surface area contributed by atoms with Gasteiger partial charge in [-0.25, -0.2) is 0 Å². The summed E-state index contributed by atoms with van der Waals surface area (Å²) in [5.74, 6) is 1.01. The number of anilines is 2. The van der Waals surface area contributed by atoms with Gasteiger partial charge >= 0.3 is 195 Å². The Balaban J connectivity index is 0.00000149. The molecule has 0 radical (unpaired) electrons. The summed E-state index contributed by atoms with van der Waals surface area (Å²) in [6, 6.07) is 28.7. The number of aliphatic hydroxyl groups is 1. The Morgan fingerprint density at radius 1 is 0.667 bits per heavy atom. The smallest absolute Gasteiger partial charge is 0.0319 e. The molecule has 1 fully saturated rings. The van der Waals surface area contributed by atoms with Crippen molar-refractivity contribution < 1.29 is 21.3 Å². The molecule has 0 spiro atoms. The van der Waals surface area contributed by atoms with Crippen LogP contribution in [-0.4, -0.2) is 34.3 Å². The number of benzene rings is 3. The van der Waals surface area contributed by atoms with Crippen LogP contribution >= 0.6 is 0 Å². The van der Waals surface area contributed by atoms with E-state index in [4.69, 9.17) is 5.11 Å². The Labute approximate surface area is 206 Å². The van der Waals surface area contributed by atoms with Crippen molar-refractivity contribution >= 4 is 20.3 Å². The summed E-state index contributed by atoms with van der Waals surface area (Å²) in [7, 11) is 1.00. The van der Waals surface area contributed by atoms with Crippen molar-refractivity contribution in [3.05, 3.63) is 95.6 Å². The summed E-state index contributed by atoms with van der Waals surface area (Å²) >= 11 is -0.0899. The molecule has 3 aromatic rings. The molecule has 1 saturated heterocycles. The minimum Gasteiger partial charge on any atom is -0.400 e. The van der Waals surface area contributed by atoms with Gasteiger partial charge in [0.2, 0.25) is 0 Å². The van der Waals surface area contributed by atoms with Crippen LogP contribution in [0.2, 0.25) is 0 Å². The number of aliphatic hydroxyl groups excluding tert-OH is 1. The van der Waals surface area contributed by atoms with Gasteiger partial charge in [0, 0.05) is 7.11 Å². The molecule has 0 unspecified atom stereocenters. The van der Waals surface area contributed by atoms with Gasteiger partial charge in [0.25, 0.3) is 0 Å². The first kappa shape index (κ1) is 25.2. The zero-order valence-corrected chi connectivity index (χ0v) is 22.1. The summed E-state index contributed by atoms with van der Waals surface area (Å²) < 4.78 is 3.90. The zero-order valence-electron chi connectivity index (χ0n) is 20.3. The Hall–Kier alpha value is -2.42. The Morgan fingerprint density at radius 3 is 1.55 bits per heavy atom. The van der Waals surface area contributed by atoms with Crippen LogP contribution in [-0.2, 0) is 16.2 Å². The average molecular weight is 530 g/mol. The molecule has 0 amide bonds. The van der Waals surface area contributed by atoms with E-state index < -0.39 is 0 Å². The van der Waals surface area contributed by atoms with E-state index in [0.717, 1.165) is 20.2 Å². The second kappa shape index (κ2) is 12.2. The minimum atomic E-state index is -0.0899. The van der Waals surface area contributed by atoms with Crippen LogP contribution in [0.15, 0.2) is 78.9 Å². The van der Waals surface area contributed by atoms with Crippen LogP contribution in [0.1, 0.15) is 56.2 Å². The molecular formula is C29H36N2ORu. The fraction of sp³-hybridized carbons (Fsp3) is 0.310. The van der Waals surface area contributed by atoms with Crippen molar-refractivity contribution in [1.82, 2.24) is 0 Å². The van der Waals surface area contributed by atoms with Gasteiger partial charge in [0.05, 0.1) is 0 Å². The van der Waals surface area contributed by atoms with Crippen molar-refractivity contribution in [2.45, 2.75) is 39.5 Å². The quantitative estimate of drug-likeness (QED) is 0.418. The van der Waals surface area contributed by atoms with E-state index in [1.165, 1.54) is 32.4 Å². The van der Waals surface area contributed by atoms with Gasteiger partial charge in [-0.3, -0.25) is 0 Å². The van der Waals surface area contributed by atoms with Crippen LogP contribution in [0.3, 0.4) is 0 Å². The van der Waals surface area contributed by atoms with Crippen molar-refractivity contribution in [3.8, 4) is 0 Å². The topological polar surface area (TPSA) is 26.7 Å². The molecule has 0 atom stereocenters. The number of para-hydroxylation sites is 2. The molecule has 3 nitrogen and oxygen atoms in total. The SMILES string of the molecule is CC(C)c1ccccc1N1CCN(c2ccccc2C(C)C)[C]1=[Ru]=[CH]c1ccccc1.CO. The molecule has 1 heterocycles. The zero-order chi connectivity index (χ0) is 23.8. The van der Waals surface area contributed by atoms with Crippen LogP contribution in [0.5, 0.6) is 0 Å². The van der Waals surface area contributed by atoms with Gasteiger partial charge in [-0.1, -0.05) is 0 Å². The second-order valence-electron chi connectivity index (χ2n) is 8.60. The van der Waals surface area contributed by atoms with Gasteiger partial charge < -0.3 is 5.11 Å². The standard InChI is InChI=1S/C21H26N2.C7H6.CH4O.Ru/c1-16(2)18-9-5-7-11-20(18)22-13-14-23(15-22)21-12-8-6-10-19(21)17(3)4;1-7-5-3-2-4-6-7;1-2;/h5-12,16-17H,13-14H2,1-4H3;1-6H;2H,1H3;. The number of rotatable bonds is 5. The van der Waals surface area contributed by atoms with Gasteiger partial charge in [-0.2, -0.15) is 0 Å². The van der Waals surface area contributed by atoms with E-state index in [9.17, 15) is 0 Å². The molecule has 1 aliphatic heterocycles. The summed E-state index contributed by atoms with van der Waals surface area (Å²) in [6.45, 7) is 11.2. The summed E-state index contributed by atoms with van der Waals surface area (Å²) in [6.07, 6.45) is 0. The Kier molecular flexibility index (Phi) is 9.29. The maximum atomic E-state index is 7.00. The van der Waals surface area contributed by atoms with E-state index in [2.05, 4.69) is 121 Å². The molecule has 33 heavy (non-hydrogen) atoms. The van der Waals surface area contributed by atoms with Crippen molar-refractivity contribution in [2.24, 2.45) is 0 Å².